The molecule has 1 aliphatic heterocycles. The Bertz CT molecular complexity index is 335. The highest BCUT2D eigenvalue weighted by atomic mass is 127. The normalized spacial score (nSPS) is 35.7. The number of halogens is 1. The molecule has 1 fully saturated rings. The lowest BCUT2D eigenvalue weighted by molar-refractivity contribution is -0.215. The van der Waals surface area contributed by atoms with Crippen molar-refractivity contribution >= 4 is 30.5 Å². The second kappa shape index (κ2) is 4.63. The zero-order chi connectivity index (χ0) is 10.9. The highest BCUT2D eigenvalue weighted by molar-refractivity contribution is 14.1. The maximum Gasteiger partial charge on any atom is 0.239 e. The fourth-order valence-electron chi connectivity index (χ4n) is 1.62. The molecule has 0 N–H and O–H groups in total. The van der Waals surface area contributed by atoms with Gasteiger partial charge in [0.15, 0.2) is 0 Å². The minimum atomic E-state index is -2.84. The molecular weight excluding hydrogens is 326 g/mol. The Balaban J connectivity index is 2.19. The van der Waals surface area contributed by atoms with Gasteiger partial charge < -0.3 is 4.89 Å². The van der Waals surface area contributed by atoms with Crippen LogP contribution < -0.4 is 4.89 Å². The summed E-state index contributed by atoms with van der Waals surface area (Å²) in [5.74, 6) is 0. The molecule has 15 heavy (non-hydrogen) atoms. The third-order valence-electron chi connectivity index (χ3n) is 2.41. The summed E-state index contributed by atoms with van der Waals surface area (Å²) in [6, 6.07) is 9.84. The van der Waals surface area contributed by atoms with E-state index in [0.29, 0.717) is 6.16 Å². The second-order valence-corrected chi connectivity index (χ2v) is 7.19. The monoisotopic (exact) mass is 338 g/mol. The molecule has 2 rings (SSSR count). The lowest BCUT2D eigenvalue weighted by atomic mass is 10.1. The summed E-state index contributed by atoms with van der Waals surface area (Å²) >= 11 is 2.27. The van der Waals surface area contributed by atoms with E-state index in [1.54, 1.807) is 0 Å². The van der Waals surface area contributed by atoms with E-state index in [4.69, 9.17) is 9.05 Å². The SMILES string of the molecule is CO[P+]1([O-])C[C@@H](I)[C@H](c2ccccc2)O1. The average molecular weight is 338 g/mol. The summed E-state index contributed by atoms with van der Waals surface area (Å²) in [7, 11) is -1.39. The number of rotatable bonds is 2. The molecule has 0 bridgehead atoms. The molecule has 3 atom stereocenters. The van der Waals surface area contributed by atoms with E-state index < -0.39 is 7.94 Å². The molecule has 1 heterocycles. The van der Waals surface area contributed by atoms with Crippen LogP contribution in [0.1, 0.15) is 11.7 Å². The van der Waals surface area contributed by atoms with Crippen LogP contribution in [0.2, 0.25) is 0 Å². The molecular formula is C10H12IO3P. The van der Waals surface area contributed by atoms with E-state index in [0.717, 1.165) is 5.56 Å². The zero-order valence-corrected chi connectivity index (χ0v) is 11.4. The van der Waals surface area contributed by atoms with Crippen molar-refractivity contribution in [3.63, 3.8) is 0 Å². The summed E-state index contributed by atoms with van der Waals surface area (Å²) in [6.45, 7) is 0. The molecule has 5 heteroatoms. The molecule has 0 aliphatic carbocycles. The van der Waals surface area contributed by atoms with E-state index in [9.17, 15) is 4.89 Å². The maximum atomic E-state index is 11.9. The first kappa shape index (κ1) is 11.7. The predicted molar refractivity (Wildman–Crippen MR) is 66.9 cm³/mol. The molecule has 0 radical (unpaired) electrons. The van der Waals surface area contributed by atoms with Crippen LogP contribution in [0.25, 0.3) is 0 Å². The molecule has 3 nitrogen and oxygen atoms in total. The number of alkyl halides is 1. The van der Waals surface area contributed by atoms with Gasteiger partial charge in [-0.25, -0.2) is 9.05 Å². The van der Waals surface area contributed by atoms with Gasteiger partial charge in [0.05, 0.1) is 11.0 Å². The molecule has 82 valence electrons. The summed E-state index contributed by atoms with van der Waals surface area (Å²) < 4.78 is 10.7. The molecule has 0 saturated carbocycles. The largest absolute Gasteiger partial charge is 0.631 e. The molecule has 1 aromatic carbocycles. The Hall–Kier alpha value is 0.260. The highest BCUT2D eigenvalue weighted by Crippen LogP contribution is 2.63. The van der Waals surface area contributed by atoms with Gasteiger partial charge in [0.1, 0.15) is 12.3 Å². The molecule has 1 aromatic rings. The lowest BCUT2D eigenvalue weighted by Gasteiger charge is -2.20. The number of hydrogen-bond acceptors (Lipinski definition) is 3. The molecule has 0 aromatic heterocycles. The van der Waals surface area contributed by atoms with Crippen LogP contribution in [-0.2, 0) is 9.05 Å². The fourth-order valence-corrected chi connectivity index (χ4v) is 5.42. The Morgan fingerprint density at radius 3 is 2.67 bits per heavy atom. The quantitative estimate of drug-likeness (QED) is 0.472. The van der Waals surface area contributed by atoms with Gasteiger partial charge in [-0.3, -0.25) is 0 Å². The van der Waals surface area contributed by atoms with Crippen LogP contribution in [0.3, 0.4) is 0 Å². The molecule has 1 saturated heterocycles. The van der Waals surface area contributed by atoms with Crippen LogP contribution in [0.4, 0.5) is 0 Å². The Morgan fingerprint density at radius 2 is 2.13 bits per heavy atom. The van der Waals surface area contributed by atoms with Crippen molar-refractivity contribution in [3.05, 3.63) is 35.9 Å². The first-order valence-corrected chi connectivity index (χ1v) is 7.64. The Labute approximate surface area is 104 Å². The smallest absolute Gasteiger partial charge is 0.239 e. The van der Waals surface area contributed by atoms with Gasteiger partial charge in [-0.15, -0.1) is 0 Å². The van der Waals surface area contributed by atoms with Gasteiger partial charge in [0.25, 0.3) is 0 Å². The second-order valence-electron chi connectivity index (χ2n) is 3.43. The van der Waals surface area contributed by atoms with Crippen LogP contribution in [-0.4, -0.2) is 17.2 Å². The number of hydrogen-bond donors (Lipinski definition) is 0. The summed E-state index contributed by atoms with van der Waals surface area (Å²) in [6.07, 6.45) is 0.376. The number of benzene rings is 1. The Morgan fingerprint density at radius 1 is 1.47 bits per heavy atom. The van der Waals surface area contributed by atoms with Gasteiger partial charge in [-0.2, -0.15) is 0 Å². The van der Waals surface area contributed by atoms with Crippen molar-refractivity contribution in [2.45, 2.75) is 10.0 Å². The van der Waals surface area contributed by atoms with Gasteiger partial charge in [0.2, 0.25) is 7.94 Å². The first-order valence-electron chi connectivity index (χ1n) is 4.67. The molecule has 1 unspecified atom stereocenters. The van der Waals surface area contributed by atoms with Crippen molar-refractivity contribution in [2.75, 3.05) is 13.3 Å². The van der Waals surface area contributed by atoms with Gasteiger partial charge >= 0.3 is 0 Å². The van der Waals surface area contributed by atoms with Crippen molar-refractivity contribution < 1.29 is 13.9 Å². The molecule has 1 aliphatic rings. The van der Waals surface area contributed by atoms with Gasteiger partial charge in [0, 0.05) is 0 Å². The third-order valence-corrected chi connectivity index (χ3v) is 6.14. The Kier molecular flexibility index (Phi) is 3.63. The molecule has 0 spiro atoms. The zero-order valence-electron chi connectivity index (χ0n) is 8.30. The van der Waals surface area contributed by atoms with E-state index in [-0.39, 0.29) is 10.0 Å². The summed E-state index contributed by atoms with van der Waals surface area (Å²) in [5, 5.41) is 0. The highest BCUT2D eigenvalue weighted by Gasteiger charge is 2.47. The third kappa shape index (κ3) is 2.50. The first-order chi connectivity index (χ1) is 7.14. The van der Waals surface area contributed by atoms with Gasteiger partial charge in [-0.05, 0) is 5.56 Å². The lowest BCUT2D eigenvalue weighted by Crippen LogP contribution is -2.12. The van der Waals surface area contributed by atoms with Crippen molar-refractivity contribution in [2.24, 2.45) is 0 Å². The predicted octanol–water partition coefficient (Wildman–Crippen LogP) is 2.33. The van der Waals surface area contributed by atoms with Crippen LogP contribution in [0, 0.1) is 0 Å². The average Bonchev–Trinajstić information content (AvgIpc) is 2.57. The molecule has 0 amide bonds. The van der Waals surface area contributed by atoms with Crippen molar-refractivity contribution in [1.82, 2.24) is 0 Å². The van der Waals surface area contributed by atoms with E-state index in [1.807, 2.05) is 30.3 Å². The topological polar surface area (TPSA) is 41.5 Å². The van der Waals surface area contributed by atoms with Crippen LogP contribution in [0.5, 0.6) is 0 Å². The van der Waals surface area contributed by atoms with Crippen LogP contribution in [0.15, 0.2) is 30.3 Å². The minimum Gasteiger partial charge on any atom is -0.631 e. The standard InChI is InChI=1S/C10H12IO3P/c1-13-15(12)7-9(11)10(14-15)8-5-3-2-4-6-8/h2-6,9-10H,7H2,1H3/t9-,10+,15?/m1/s1. The van der Waals surface area contributed by atoms with Crippen LogP contribution >= 0.6 is 30.5 Å². The van der Waals surface area contributed by atoms with E-state index in [2.05, 4.69) is 22.6 Å². The van der Waals surface area contributed by atoms with Crippen molar-refractivity contribution in [1.29, 1.82) is 0 Å². The maximum absolute atomic E-state index is 11.9. The van der Waals surface area contributed by atoms with Gasteiger partial charge in [-0.1, -0.05) is 52.9 Å². The van der Waals surface area contributed by atoms with E-state index >= 15 is 0 Å². The summed E-state index contributed by atoms with van der Waals surface area (Å²) in [5.41, 5.74) is 1.06. The summed E-state index contributed by atoms with van der Waals surface area (Å²) in [4.78, 5) is 11.9. The fraction of sp³-hybridized carbons (Fsp3) is 0.400. The van der Waals surface area contributed by atoms with E-state index in [1.165, 1.54) is 7.11 Å². The van der Waals surface area contributed by atoms with Crippen molar-refractivity contribution in [3.8, 4) is 0 Å². The minimum absolute atomic E-state index is 0.113.